The van der Waals surface area contributed by atoms with Crippen molar-refractivity contribution in [2.24, 2.45) is 28.9 Å². The number of primary amides is 1. The van der Waals surface area contributed by atoms with Gasteiger partial charge in [0.25, 0.3) is 0 Å². The molecule has 7 heteroatoms. The number of nitrogens with zero attached hydrogens (tertiary/aromatic N) is 2. The first-order valence-electron chi connectivity index (χ1n) is 12.4. The predicted octanol–water partition coefficient (Wildman–Crippen LogP) is 2.73. The highest BCUT2D eigenvalue weighted by Gasteiger charge is 2.59. The van der Waals surface area contributed by atoms with Crippen LogP contribution >= 0.6 is 0 Å². The Hall–Kier alpha value is -2.12. The fourth-order valence-electron chi connectivity index (χ4n) is 7.07. The van der Waals surface area contributed by atoms with Gasteiger partial charge in [0.05, 0.1) is 18.1 Å². The van der Waals surface area contributed by atoms with E-state index in [0.29, 0.717) is 38.1 Å². The van der Waals surface area contributed by atoms with Crippen LogP contribution < -0.4 is 5.73 Å². The second-order valence-electron chi connectivity index (χ2n) is 10.8. The Balaban J connectivity index is 1.35. The number of carbonyl (C=O) groups is 2. The number of methoxy groups -OCH3 is 1. The number of hydrogen-bond donors (Lipinski definition) is 1. The molecule has 3 aliphatic heterocycles. The Morgan fingerprint density at radius 1 is 1.27 bits per heavy atom. The van der Waals surface area contributed by atoms with Gasteiger partial charge in [0.1, 0.15) is 0 Å². The molecule has 1 aromatic rings. The van der Waals surface area contributed by atoms with Crippen LogP contribution in [0.25, 0.3) is 0 Å². The summed E-state index contributed by atoms with van der Waals surface area (Å²) in [7, 11) is 1.77. The van der Waals surface area contributed by atoms with Gasteiger partial charge in [-0.05, 0) is 67.9 Å². The lowest BCUT2D eigenvalue weighted by Gasteiger charge is -2.37. The highest BCUT2D eigenvalue weighted by molar-refractivity contribution is 5.86. The highest BCUT2D eigenvalue weighted by Crippen LogP contribution is 2.54. The van der Waals surface area contributed by atoms with E-state index in [-0.39, 0.29) is 17.9 Å². The van der Waals surface area contributed by atoms with Gasteiger partial charge in [0.15, 0.2) is 0 Å². The van der Waals surface area contributed by atoms with Crippen molar-refractivity contribution in [1.29, 1.82) is 0 Å². The quantitative estimate of drug-likeness (QED) is 0.757. The van der Waals surface area contributed by atoms with Crippen molar-refractivity contribution in [3.05, 3.63) is 34.9 Å². The average molecular weight is 456 g/mol. The van der Waals surface area contributed by atoms with Gasteiger partial charge in [-0.2, -0.15) is 0 Å². The molecule has 2 unspecified atom stereocenters. The molecule has 2 saturated heterocycles. The largest absolute Gasteiger partial charge is 0.379 e. The molecule has 33 heavy (non-hydrogen) atoms. The number of aryl methyl sites for hydroxylation is 1. The Bertz CT molecular complexity index is 921. The average Bonchev–Trinajstić information content (AvgIpc) is 3.33. The third-order valence-electron chi connectivity index (χ3n) is 8.74. The number of ether oxygens (including phenoxy) is 2. The molecule has 3 amide bonds. The van der Waals surface area contributed by atoms with Gasteiger partial charge in [-0.15, -0.1) is 0 Å². The number of fused-ring (bicyclic) bond motifs is 2. The van der Waals surface area contributed by atoms with Gasteiger partial charge >= 0.3 is 6.03 Å². The molecule has 0 radical (unpaired) electrons. The third-order valence-corrected chi connectivity index (χ3v) is 8.74. The molecule has 1 aliphatic carbocycles. The normalized spacial score (nSPS) is 33.6. The van der Waals surface area contributed by atoms with Crippen LogP contribution in [-0.2, 0) is 27.2 Å². The van der Waals surface area contributed by atoms with Crippen molar-refractivity contribution in [2.75, 3.05) is 40.0 Å². The topological polar surface area (TPSA) is 85.1 Å². The van der Waals surface area contributed by atoms with Gasteiger partial charge < -0.3 is 25.0 Å². The van der Waals surface area contributed by atoms with Gasteiger partial charge in [0, 0.05) is 39.9 Å². The van der Waals surface area contributed by atoms with Crippen LogP contribution in [0, 0.1) is 30.1 Å². The first-order valence-corrected chi connectivity index (χ1v) is 12.4. The Kier molecular flexibility index (Phi) is 6.12. The summed E-state index contributed by atoms with van der Waals surface area (Å²) in [5.41, 5.74) is 8.99. The summed E-state index contributed by atoms with van der Waals surface area (Å²) >= 11 is 0. The van der Waals surface area contributed by atoms with Crippen LogP contribution in [0.1, 0.15) is 42.4 Å². The molecule has 4 aliphatic rings. The number of benzene rings is 1. The molecule has 5 atom stereocenters. The van der Waals surface area contributed by atoms with Crippen LogP contribution in [0.4, 0.5) is 4.79 Å². The predicted molar refractivity (Wildman–Crippen MR) is 124 cm³/mol. The number of urea groups is 1. The van der Waals surface area contributed by atoms with E-state index >= 15 is 0 Å². The molecule has 1 saturated carbocycles. The minimum atomic E-state index is -0.505. The lowest BCUT2D eigenvalue weighted by Crippen LogP contribution is -2.49. The summed E-state index contributed by atoms with van der Waals surface area (Å²) in [4.78, 5) is 29.9. The second kappa shape index (κ2) is 8.91. The zero-order valence-corrected chi connectivity index (χ0v) is 19.9. The smallest absolute Gasteiger partial charge is 0.314 e. The lowest BCUT2D eigenvalue weighted by molar-refractivity contribution is -0.144. The standard InChI is InChI=1S/C26H37N3O4/c1-17-3-4-19-5-7-28(13-21(19)9-17)24(30)26-12-18(10-20-6-8-33-15-23(20)32-2)11-22(26)14-29(16-26)25(27)31/h3-4,9,18,20,22-23H,5-8,10-16H2,1-2H3,(H2,27,31)/t18-,20?,22+,23?,26+/m1/s1. The van der Waals surface area contributed by atoms with Crippen LogP contribution in [0.2, 0.25) is 0 Å². The van der Waals surface area contributed by atoms with E-state index in [4.69, 9.17) is 15.2 Å². The fraction of sp³-hybridized carbons (Fsp3) is 0.692. The second-order valence-corrected chi connectivity index (χ2v) is 10.8. The zero-order chi connectivity index (χ0) is 23.2. The number of amides is 3. The number of rotatable bonds is 4. The van der Waals surface area contributed by atoms with Gasteiger partial charge in [-0.3, -0.25) is 4.79 Å². The van der Waals surface area contributed by atoms with Crippen LogP contribution in [-0.4, -0.2) is 67.8 Å². The summed E-state index contributed by atoms with van der Waals surface area (Å²) in [5, 5.41) is 0. The van der Waals surface area contributed by atoms with Crippen LogP contribution in [0.5, 0.6) is 0 Å². The Labute approximate surface area is 196 Å². The van der Waals surface area contributed by atoms with Crippen molar-refractivity contribution in [3.8, 4) is 0 Å². The lowest BCUT2D eigenvalue weighted by atomic mass is 9.77. The van der Waals surface area contributed by atoms with E-state index in [9.17, 15) is 9.59 Å². The zero-order valence-electron chi connectivity index (χ0n) is 19.9. The van der Waals surface area contributed by atoms with Crippen molar-refractivity contribution < 1.29 is 19.1 Å². The maximum Gasteiger partial charge on any atom is 0.314 e. The highest BCUT2D eigenvalue weighted by atomic mass is 16.5. The van der Waals surface area contributed by atoms with E-state index in [1.807, 2.05) is 4.90 Å². The molecule has 3 heterocycles. The molecule has 7 nitrogen and oxygen atoms in total. The van der Waals surface area contributed by atoms with E-state index in [2.05, 4.69) is 25.1 Å². The van der Waals surface area contributed by atoms with Crippen molar-refractivity contribution in [3.63, 3.8) is 0 Å². The molecule has 0 aromatic heterocycles. The molecule has 3 fully saturated rings. The first-order chi connectivity index (χ1) is 15.9. The molecular weight excluding hydrogens is 418 g/mol. The molecular formula is C26H37N3O4. The molecule has 0 spiro atoms. The van der Waals surface area contributed by atoms with E-state index in [0.717, 1.165) is 45.3 Å². The van der Waals surface area contributed by atoms with E-state index in [1.54, 1.807) is 12.0 Å². The number of hydrogen-bond acceptors (Lipinski definition) is 4. The summed E-state index contributed by atoms with van der Waals surface area (Å²) in [6, 6.07) is 6.15. The minimum Gasteiger partial charge on any atom is -0.379 e. The maximum atomic E-state index is 14.1. The Morgan fingerprint density at radius 3 is 2.91 bits per heavy atom. The Morgan fingerprint density at radius 2 is 2.12 bits per heavy atom. The third kappa shape index (κ3) is 4.14. The monoisotopic (exact) mass is 455 g/mol. The summed E-state index contributed by atoms with van der Waals surface area (Å²) in [6.07, 6.45) is 4.91. The number of carbonyl (C=O) groups excluding carboxylic acids is 2. The molecule has 180 valence electrons. The van der Waals surface area contributed by atoms with Crippen LogP contribution in [0.3, 0.4) is 0 Å². The minimum absolute atomic E-state index is 0.134. The van der Waals surface area contributed by atoms with Crippen molar-refractivity contribution >= 4 is 11.9 Å². The summed E-state index contributed by atoms with van der Waals surface area (Å²) < 4.78 is 11.3. The SMILES string of the molecule is COC1COCCC1C[C@@H]1C[C@H]2CN(C(N)=O)C[C@@]2(C(=O)N2CCc3ccc(C)cc3C2)C1. The maximum absolute atomic E-state index is 14.1. The molecule has 0 bridgehead atoms. The fourth-order valence-corrected chi connectivity index (χ4v) is 7.07. The van der Waals surface area contributed by atoms with Crippen LogP contribution in [0.15, 0.2) is 18.2 Å². The van der Waals surface area contributed by atoms with E-state index in [1.165, 1.54) is 16.7 Å². The summed E-state index contributed by atoms with van der Waals surface area (Å²) in [5.74, 6) is 1.34. The van der Waals surface area contributed by atoms with E-state index < -0.39 is 11.4 Å². The van der Waals surface area contributed by atoms with Crippen molar-refractivity contribution in [2.45, 2.75) is 51.7 Å². The molecule has 2 N–H and O–H groups in total. The molecule has 5 rings (SSSR count). The van der Waals surface area contributed by atoms with Gasteiger partial charge in [0.2, 0.25) is 5.91 Å². The number of nitrogens with two attached hydrogens (primary N) is 1. The first kappa shape index (κ1) is 22.7. The van der Waals surface area contributed by atoms with Crippen molar-refractivity contribution in [1.82, 2.24) is 9.80 Å². The number of likely N-dealkylation sites (tertiary alicyclic amines) is 1. The van der Waals surface area contributed by atoms with Gasteiger partial charge in [-0.25, -0.2) is 4.79 Å². The summed E-state index contributed by atoms with van der Waals surface area (Å²) in [6.45, 7) is 6.01. The molecule has 1 aromatic carbocycles. The van der Waals surface area contributed by atoms with Gasteiger partial charge in [-0.1, -0.05) is 23.8 Å².